The third kappa shape index (κ3) is 4.12. The Morgan fingerprint density at radius 3 is 2.39 bits per heavy atom. The van der Waals surface area contributed by atoms with E-state index < -0.39 is 0 Å². The molecule has 124 valence electrons. The average molecular weight is 380 g/mol. The van der Waals surface area contributed by atoms with E-state index in [-0.39, 0.29) is 17.7 Å². The van der Waals surface area contributed by atoms with E-state index in [2.05, 4.69) is 26.6 Å². The Balaban J connectivity index is 1.46. The van der Waals surface area contributed by atoms with Crippen molar-refractivity contribution in [2.75, 3.05) is 32.7 Å². The van der Waals surface area contributed by atoms with Crippen LogP contribution in [0, 0.1) is 11.8 Å². The van der Waals surface area contributed by atoms with E-state index in [1.54, 1.807) is 0 Å². The van der Waals surface area contributed by atoms with Crippen LogP contribution in [0.1, 0.15) is 23.2 Å². The first-order valence-electron chi connectivity index (χ1n) is 8.17. The molecular weight excluding hydrogens is 358 g/mol. The van der Waals surface area contributed by atoms with Crippen molar-refractivity contribution in [1.29, 1.82) is 0 Å². The molecule has 2 N–H and O–H groups in total. The summed E-state index contributed by atoms with van der Waals surface area (Å²) in [4.78, 5) is 26.5. The summed E-state index contributed by atoms with van der Waals surface area (Å²) in [7, 11) is 0. The number of nitrogens with zero attached hydrogens (tertiary/aromatic N) is 1. The van der Waals surface area contributed by atoms with Gasteiger partial charge in [-0.25, -0.2) is 0 Å². The Morgan fingerprint density at radius 2 is 1.83 bits per heavy atom. The smallest absolute Gasteiger partial charge is 0.253 e. The highest BCUT2D eigenvalue weighted by molar-refractivity contribution is 9.10. The largest absolute Gasteiger partial charge is 0.355 e. The molecule has 2 heterocycles. The van der Waals surface area contributed by atoms with Crippen molar-refractivity contribution in [2.24, 2.45) is 11.8 Å². The van der Waals surface area contributed by atoms with E-state index in [0.717, 1.165) is 36.9 Å². The summed E-state index contributed by atoms with van der Waals surface area (Å²) < 4.78 is 0.964. The van der Waals surface area contributed by atoms with E-state index in [1.165, 1.54) is 0 Å². The van der Waals surface area contributed by atoms with Gasteiger partial charge in [-0.1, -0.05) is 15.9 Å². The normalized spacial score (nSPS) is 19.3. The molecule has 0 aromatic heterocycles. The van der Waals surface area contributed by atoms with Crippen LogP contribution in [0.25, 0.3) is 0 Å². The molecule has 2 aliphatic heterocycles. The second-order valence-corrected chi connectivity index (χ2v) is 7.26. The van der Waals surface area contributed by atoms with Gasteiger partial charge in [-0.15, -0.1) is 0 Å². The van der Waals surface area contributed by atoms with Crippen LogP contribution in [0.4, 0.5) is 0 Å². The molecule has 1 aromatic rings. The van der Waals surface area contributed by atoms with E-state index in [1.807, 2.05) is 29.2 Å². The number of likely N-dealkylation sites (tertiary alicyclic amines) is 1. The van der Waals surface area contributed by atoms with Crippen molar-refractivity contribution in [3.63, 3.8) is 0 Å². The van der Waals surface area contributed by atoms with Gasteiger partial charge < -0.3 is 15.5 Å². The van der Waals surface area contributed by atoms with Gasteiger partial charge in [0, 0.05) is 54.6 Å². The van der Waals surface area contributed by atoms with Gasteiger partial charge in [-0.3, -0.25) is 9.59 Å². The van der Waals surface area contributed by atoms with Crippen molar-refractivity contribution >= 4 is 27.7 Å². The van der Waals surface area contributed by atoms with Crippen LogP contribution in [0.15, 0.2) is 28.7 Å². The van der Waals surface area contributed by atoms with Gasteiger partial charge in [-0.2, -0.15) is 0 Å². The molecule has 0 bridgehead atoms. The lowest BCUT2D eigenvalue weighted by Gasteiger charge is -2.32. The number of amides is 2. The van der Waals surface area contributed by atoms with Crippen LogP contribution in [-0.2, 0) is 4.79 Å². The number of carbonyl (C=O) groups is 2. The molecule has 23 heavy (non-hydrogen) atoms. The Bertz CT molecular complexity index is 564. The number of halogens is 1. The fourth-order valence-electron chi connectivity index (χ4n) is 3.00. The molecule has 6 heteroatoms. The summed E-state index contributed by atoms with van der Waals surface area (Å²) in [6.07, 6.45) is 1.49. The Hall–Kier alpha value is -1.40. The molecule has 2 saturated heterocycles. The zero-order valence-electron chi connectivity index (χ0n) is 13.1. The van der Waals surface area contributed by atoms with Gasteiger partial charge in [0.15, 0.2) is 0 Å². The minimum atomic E-state index is 0.0389. The first kappa shape index (κ1) is 16.5. The highest BCUT2D eigenvalue weighted by Gasteiger charge is 2.28. The highest BCUT2D eigenvalue weighted by Crippen LogP contribution is 2.20. The van der Waals surface area contributed by atoms with Crippen molar-refractivity contribution in [3.8, 4) is 0 Å². The molecule has 1 aromatic carbocycles. The number of carbonyl (C=O) groups excluding carboxylic acids is 2. The zero-order chi connectivity index (χ0) is 16.2. The predicted octanol–water partition coefficient (Wildman–Crippen LogP) is 1.64. The second-order valence-electron chi connectivity index (χ2n) is 6.34. The molecule has 0 spiro atoms. The monoisotopic (exact) mass is 379 g/mol. The van der Waals surface area contributed by atoms with E-state index in [9.17, 15) is 9.59 Å². The first-order chi connectivity index (χ1) is 11.1. The maximum absolute atomic E-state index is 12.5. The minimum Gasteiger partial charge on any atom is -0.355 e. The van der Waals surface area contributed by atoms with Crippen LogP contribution in [0.2, 0.25) is 0 Å². The summed E-state index contributed by atoms with van der Waals surface area (Å²) in [5, 5.41) is 6.25. The molecule has 2 fully saturated rings. The topological polar surface area (TPSA) is 61.4 Å². The van der Waals surface area contributed by atoms with Gasteiger partial charge in [0.1, 0.15) is 0 Å². The fourth-order valence-corrected chi connectivity index (χ4v) is 3.27. The molecular formula is C17H22BrN3O2. The SMILES string of the molecule is O=C(NCC1CNC1)C1CCN(C(=O)c2ccc(Br)cc2)CC1. The number of rotatable bonds is 4. The standard InChI is InChI=1S/C17H22BrN3O2/c18-15-3-1-14(2-4-15)17(23)21-7-5-13(6-8-21)16(22)20-11-12-9-19-10-12/h1-4,12-13,19H,5-11H2,(H,20,22). The number of hydrogen-bond acceptors (Lipinski definition) is 3. The number of benzene rings is 1. The summed E-state index contributed by atoms with van der Waals surface area (Å²) in [5.41, 5.74) is 0.702. The van der Waals surface area contributed by atoms with Crippen molar-refractivity contribution in [1.82, 2.24) is 15.5 Å². The molecule has 2 amide bonds. The Kier molecular flexibility index (Phi) is 5.33. The highest BCUT2D eigenvalue weighted by atomic mass is 79.9. The molecule has 5 nitrogen and oxygen atoms in total. The quantitative estimate of drug-likeness (QED) is 0.835. The lowest BCUT2D eigenvalue weighted by molar-refractivity contribution is -0.126. The Labute approximate surface area is 144 Å². The minimum absolute atomic E-state index is 0.0389. The van der Waals surface area contributed by atoms with Crippen molar-refractivity contribution in [2.45, 2.75) is 12.8 Å². The summed E-state index contributed by atoms with van der Waals surface area (Å²) in [6.45, 7) is 4.07. The zero-order valence-corrected chi connectivity index (χ0v) is 14.6. The third-order valence-corrected chi connectivity index (χ3v) is 5.20. The molecule has 0 atom stereocenters. The van der Waals surface area contributed by atoms with Crippen LogP contribution in [0.5, 0.6) is 0 Å². The van der Waals surface area contributed by atoms with Gasteiger partial charge in [0.05, 0.1) is 0 Å². The Morgan fingerprint density at radius 1 is 1.17 bits per heavy atom. The molecule has 2 aliphatic rings. The van der Waals surface area contributed by atoms with Crippen LogP contribution >= 0.6 is 15.9 Å². The molecule has 0 aliphatic carbocycles. The predicted molar refractivity (Wildman–Crippen MR) is 92.1 cm³/mol. The molecule has 0 unspecified atom stereocenters. The molecule has 3 rings (SSSR count). The summed E-state index contributed by atoms with van der Waals surface area (Å²) in [6, 6.07) is 7.42. The van der Waals surface area contributed by atoms with E-state index >= 15 is 0 Å². The maximum Gasteiger partial charge on any atom is 0.253 e. The first-order valence-corrected chi connectivity index (χ1v) is 8.96. The van der Waals surface area contributed by atoms with Gasteiger partial charge in [-0.05, 0) is 37.1 Å². The van der Waals surface area contributed by atoms with Crippen LogP contribution < -0.4 is 10.6 Å². The summed E-state index contributed by atoms with van der Waals surface area (Å²) >= 11 is 3.38. The second kappa shape index (κ2) is 7.45. The third-order valence-electron chi connectivity index (χ3n) is 4.68. The lowest BCUT2D eigenvalue weighted by Crippen LogP contribution is -2.50. The fraction of sp³-hybridized carbons (Fsp3) is 0.529. The average Bonchev–Trinajstić information content (AvgIpc) is 2.53. The van der Waals surface area contributed by atoms with Gasteiger partial charge >= 0.3 is 0 Å². The van der Waals surface area contributed by atoms with Gasteiger partial charge in [0.25, 0.3) is 5.91 Å². The van der Waals surface area contributed by atoms with Crippen molar-refractivity contribution < 1.29 is 9.59 Å². The van der Waals surface area contributed by atoms with E-state index in [4.69, 9.17) is 0 Å². The number of nitrogens with one attached hydrogen (secondary N) is 2. The lowest BCUT2D eigenvalue weighted by atomic mass is 9.94. The summed E-state index contributed by atoms with van der Waals surface area (Å²) in [5.74, 6) is 0.819. The number of piperidine rings is 1. The molecule has 0 saturated carbocycles. The van der Waals surface area contributed by atoms with Gasteiger partial charge in [0.2, 0.25) is 5.91 Å². The van der Waals surface area contributed by atoms with E-state index in [0.29, 0.717) is 24.6 Å². The molecule has 0 radical (unpaired) electrons. The van der Waals surface area contributed by atoms with Crippen LogP contribution in [0.3, 0.4) is 0 Å². The maximum atomic E-state index is 12.5. The van der Waals surface area contributed by atoms with Crippen molar-refractivity contribution in [3.05, 3.63) is 34.3 Å². The number of hydrogen-bond donors (Lipinski definition) is 2. The van der Waals surface area contributed by atoms with Crippen LogP contribution in [-0.4, -0.2) is 49.4 Å².